The zero-order valence-corrected chi connectivity index (χ0v) is 13.9. The second-order valence-corrected chi connectivity index (χ2v) is 3.74. The van der Waals surface area contributed by atoms with Crippen molar-refractivity contribution in [3.8, 4) is 0 Å². The van der Waals surface area contributed by atoms with Gasteiger partial charge in [0.05, 0.1) is 0 Å². The Kier molecular flexibility index (Phi) is 13.7. The molecule has 2 N–H and O–H groups in total. The maximum Gasteiger partial charge on any atom is 2.00 e. The van der Waals surface area contributed by atoms with Gasteiger partial charge in [0.15, 0.2) is 0 Å². The second-order valence-electron chi connectivity index (χ2n) is 3.74. The average Bonchev–Trinajstić information content (AvgIpc) is 2.34. The van der Waals surface area contributed by atoms with Crippen LogP contribution in [-0.4, -0.2) is 64.8 Å². The van der Waals surface area contributed by atoms with Crippen molar-refractivity contribution in [1.29, 1.82) is 0 Å². The number of hydrogen-bond donors (Lipinski definition) is 0. The van der Waals surface area contributed by atoms with Gasteiger partial charge in [-0.3, -0.25) is 9.59 Å². The number of allylic oxidation sites excluding steroid dienone is 4. The summed E-state index contributed by atoms with van der Waals surface area (Å²) in [7, 11) is 0. The first-order valence-electron chi connectivity index (χ1n) is 5.24. The maximum absolute atomic E-state index is 11.3. The van der Waals surface area contributed by atoms with E-state index in [-0.39, 0.29) is 28.5 Å². The molecule has 0 spiro atoms. The van der Waals surface area contributed by atoms with Crippen LogP contribution in [0.4, 0.5) is 52.7 Å². The molecule has 0 aromatic rings. The van der Waals surface area contributed by atoms with Crippen LogP contribution in [0.1, 0.15) is 0 Å². The van der Waals surface area contributed by atoms with Crippen LogP contribution in [-0.2, 0) is 9.59 Å². The standard InChI is InChI=1S/2C5H2F6O2.Mg.H2O/c2*6-4(7,8)2(12)1-3(13)5(9,10)11;;/h2*1,12H;;1H2/q;;+2;/p-2/b2*2-1-;;. The van der Waals surface area contributed by atoms with Crippen LogP contribution in [0.3, 0.4) is 0 Å². The van der Waals surface area contributed by atoms with Crippen LogP contribution in [0.15, 0.2) is 23.7 Å². The third-order valence-corrected chi connectivity index (χ3v) is 1.64. The summed E-state index contributed by atoms with van der Waals surface area (Å²) in [5.41, 5.74) is 0. The van der Waals surface area contributed by atoms with Crippen LogP contribution >= 0.6 is 0 Å². The van der Waals surface area contributed by atoms with Gasteiger partial charge in [-0.15, -0.1) is 0 Å². The maximum atomic E-state index is 11.3. The van der Waals surface area contributed by atoms with Gasteiger partial charge < -0.3 is 15.7 Å². The van der Waals surface area contributed by atoms with Crippen molar-refractivity contribution in [3.05, 3.63) is 23.7 Å². The predicted octanol–water partition coefficient (Wildman–Crippen LogP) is 0.643. The Hall–Kier alpha value is -1.69. The van der Waals surface area contributed by atoms with Gasteiger partial charge in [0.25, 0.3) is 11.6 Å². The Morgan fingerprint density at radius 1 is 0.536 bits per heavy atom. The topological polar surface area (TPSA) is 112 Å². The molecule has 0 atom stereocenters. The number of ketones is 2. The van der Waals surface area contributed by atoms with E-state index in [1.807, 2.05) is 0 Å². The molecule has 28 heavy (non-hydrogen) atoms. The van der Waals surface area contributed by atoms with Crippen molar-refractivity contribution in [2.75, 3.05) is 0 Å². The molecule has 0 heterocycles. The summed E-state index contributed by atoms with van der Waals surface area (Å²) in [4.78, 5) is 19.6. The first-order valence-corrected chi connectivity index (χ1v) is 5.24. The van der Waals surface area contributed by atoms with Crippen molar-refractivity contribution in [3.63, 3.8) is 0 Å². The zero-order valence-electron chi connectivity index (χ0n) is 12.5. The minimum absolute atomic E-state index is 0. The number of carbonyl (C=O) groups excluding carboxylic acids is 2. The molecule has 0 aliphatic heterocycles. The third-order valence-electron chi connectivity index (χ3n) is 1.64. The molecule has 0 bridgehead atoms. The van der Waals surface area contributed by atoms with Gasteiger partial charge in [-0.1, -0.05) is 0 Å². The molecule has 0 aliphatic carbocycles. The van der Waals surface area contributed by atoms with Gasteiger partial charge in [-0.2, -0.15) is 52.7 Å². The fraction of sp³-hybridized carbons (Fsp3) is 0.400. The van der Waals surface area contributed by atoms with Gasteiger partial charge in [0.2, 0.25) is 0 Å². The van der Waals surface area contributed by atoms with Crippen molar-refractivity contribution in [2.45, 2.75) is 24.7 Å². The van der Waals surface area contributed by atoms with Crippen molar-refractivity contribution < 1.29 is 78.0 Å². The molecule has 0 aromatic heterocycles. The van der Waals surface area contributed by atoms with Gasteiger partial charge >= 0.3 is 47.8 Å². The predicted molar refractivity (Wildman–Crippen MR) is 59.8 cm³/mol. The Morgan fingerprint density at radius 3 is 0.821 bits per heavy atom. The molecule has 0 fully saturated rings. The molecule has 0 saturated carbocycles. The van der Waals surface area contributed by atoms with E-state index in [0.29, 0.717) is 0 Å². The van der Waals surface area contributed by atoms with Crippen molar-refractivity contribution in [2.24, 2.45) is 0 Å². The fourth-order valence-electron chi connectivity index (χ4n) is 0.565. The minimum Gasteiger partial charge on any atom is -0.869 e. The van der Waals surface area contributed by atoms with E-state index in [9.17, 15) is 72.5 Å². The van der Waals surface area contributed by atoms with Crippen molar-refractivity contribution >= 4 is 34.6 Å². The first-order chi connectivity index (χ1) is 11.1. The summed E-state index contributed by atoms with van der Waals surface area (Å²) in [6.07, 6.45) is -23.9. The fourth-order valence-corrected chi connectivity index (χ4v) is 0.565. The molecular formula is C10H4F12MgO5. The van der Waals surface area contributed by atoms with Crippen LogP contribution in [0.2, 0.25) is 0 Å². The van der Waals surface area contributed by atoms with Gasteiger partial charge in [-0.05, 0) is 23.7 Å². The Bertz CT molecular complexity index is 530. The summed E-state index contributed by atoms with van der Waals surface area (Å²) < 4.78 is 136. The summed E-state index contributed by atoms with van der Waals surface area (Å²) in [6, 6.07) is 0. The molecule has 5 nitrogen and oxygen atoms in total. The van der Waals surface area contributed by atoms with Crippen LogP contribution in [0.5, 0.6) is 0 Å². The van der Waals surface area contributed by atoms with Crippen LogP contribution in [0.25, 0.3) is 0 Å². The number of rotatable bonds is 2. The minimum atomic E-state index is -5.46. The van der Waals surface area contributed by atoms with Crippen molar-refractivity contribution in [1.82, 2.24) is 0 Å². The van der Waals surface area contributed by atoms with E-state index in [1.54, 1.807) is 0 Å². The molecular weight excluding hydrogens is 452 g/mol. The molecule has 0 unspecified atom stereocenters. The van der Waals surface area contributed by atoms with E-state index in [1.165, 1.54) is 0 Å². The first kappa shape index (κ1) is 33.9. The third kappa shape index (κ3) is 14.4. The Morgan fingerprint density at radius 2 is 0.714 bits per heavy atom. The number of carbonyl (C=O) groups is 2. The van der Waals surface area contributed by atoms with Gasteiger partial charge in [-0.25, -0.2) is 0 Å². The zero-order chi connectivity index (χ0) is 21.7. The summed E-state index contributed by atoms with van der Waals surface area (Å²) in [5, 5.41) is 19.6. The molecule has 160 valence electrons. The molecule has 0 rings (SSSR count). The smallest absolute Gasteiger partial charge is 0.869 e. The molecule has 0 saturated heterocycles. The Balaban J connectivity index is -0.000000192. The average molecular weight is 456 g/mol. The number of alkyl halides is 12. The molecule has 0 aliphatic rings. The van der Waals surface area contributed by atoms with E-state index in [2.05, 4.69) is 0 Å². The van der Waals surface area contributed by atoms with Gasteiger partial charge in [0.1, 0.15) is 0 Å². The molecule has 18 heteroatoms. The molecule has 0 amide bonds. The van der Waals surface area contributed by atoms with Crippen LogP contribution in [0, 0.1) is 0 Å². The summed E-state index contributed by atoms with van der Waals surface area (Å²) in [6.45, 7) is 0. The molecule has 0 aromatic carbocycles. The van der Waals surface area contributed by atoms with E-state index >= 15 is 0 Å². The van der Waals surface area contributed by atoms with Crippen LogP contribution < -0.4 is 10.2 Å². The SMILES string of the molecule is O.O=C(/C=C(\[O-])C(F)(F)F)C(F)(F)F.O=C(/C=C(\[O-])C(F)(F)F)C(F)(F)F.[Mg+2]. The summed E-state index contributed by atoms with van der Waals surface area (Å²) >= 11 is 0. The second kappa shape index (κ2) is 11.3. The monoisotopic (exact) mass is 456 g/mol. The number of halogens is 12. The van der Waals surface area contributed by atoms with E-state index in [0.717, 1.165) is 0 Å². The van der Waals surface area contributed by atoms with Gasteiger partial charge in [0, 0.05) is 0 Å². The van der Waals surface area contributed by atoms with E-state index < -0.39 is 59.9 Å². The normalized spacial score (nSPS) is 13.4. The Labute approximate surface area is 161 Å². The summed E-state index contributed by atoms with van der Waals surface area (Å²) in [5.74, 6) is -11.3. The quantitative estimate of drug-likeness (QED) is 0.263. The number of hydrogen-bond acceptors (Lipinski definition) is 4. The molecule has 0 radical (unpaired) electrons. The van der Waals surface area contributed by atoms with E-state index in [4.69, 9.17) is 0 Å². The largest absolute Gasteiger partial charge is 2.00 e.